The summed E-state index contributed by atoms with van der Waals surface area (Å²) in [6.07, 6.45) is 5.52. The second kappa shape index (κ2) is 10.5. The molecule has 0 amide bonds. The van der Waals surface area contributed by atoms with Crippen molar-refractivity contribution in [3.63, 3.8) is 0 Å². The van der Waals surface area contributed by atoms with Gasteiger partial charge in [0.15, 0.2) is 5.96 Å². The van der Waals surface area contributed by atoms with Crippen molar-refractivity contribution in [3.8, 4) is 5.82 Å². The number of hydrogen-bond donors (Lipinski definition) is 2. The Morgan fingerprint density at radius 1 is 1.27 bits per heavy atom. The van der Waals surface area contributed by atoms with Gasteiger partial charge in [0.05, 0.1) is 12.1 Å². The number of hydrogen-bond acceptors (Lipinski definition) is 4. The first-order valence-electron chi connectivity index (χ1n) is 8.48. The predicted molar refractivity (Wildman–Crippen MR) is 115 cm³/mol. The third-order valence-corrected chi connectivity index (χ3v) is 3.88. The number of pyridine rings is 1. The molecule has 0 radical (unpaired) electrons. The summed E-state index contributed by atoms with van der Waals surface area (Å²) in [6.45, 7) is 10.1. The van der Waals surface area contributed by atoms with E-state index in [0.29, 0.717) is 13.1 Å². The van der Waals surface area contributed by atoms with Crippen molar-refractivity contribution in [3.05, 3.63) is 42.1 Å². The number of aryl methyl sites for hydroxylation is 1. The van der Waals surface area contributed by atoms with Crippen molar-refractivity contribution in [2.75, 3.05) is 20.2 Å². The Hall–Kier alpha value is -1.68. The van der Waals surface area contributed by atoms with E-state index >= 15 is 0 Å². The minimum atomic E-state index is -0.248. The van der Waals surface area contributed by atoms with Crippen molar-refractivity contribution in [2.24, 2.45) is 4.99 Å². The van der Waals surface area contributed by atoms with E-state index in [1.54, 1.807) is 13.3 Å². The zero-order valence-electron chi connectivity index (χ0n) is 16.1. The van der Waals surface area contributed by atoms with Crippen molar-refractivity contribution in [1.82, 2.24) is 25.2 Å². The van der Waals surface area contributed by atoms with Gasteiger partial charge in [0.2, 0.25) is 0 Å². The van der Waals surface area contributed by atoms with Gasteiger partial charge < -0.3 is 15.4 Å². The van der Waals surface area contributed by atoms with E-state index in [-0.39, 0.29) is 29.6 Å². The second-order valence-corrected chi connectivity index (χ2v) is 6.38. The fourth-order valence-electron chi connectivity index (χ4n) is 2.15. The van der Waals surface area contributed by atoms with Gasteiger partial charge in [-0.2, -0.15) is 0 Å². The van der Waals surface area contributed by atoms with Crippen molar-refractivity contribution in [2.45, 2.75) is 39.8 Å². The Morgan fingerprint density at radius 2 is 2.04 bits per heavy atom. The highest BCUT2D eigenvalue weighted by molar-refractivity contribution is 14.0. The summed E-state index contributed by atoms with van der Waals surface area (Å²) in [5.41, 5.74) is 0.798. The highest BCUT2D eigenvalue weighted by atomic mass is 127. The zero-order chi connectivity index (χ0) is 18.3. The lowest BCUT2D eigenvalue weighted by Gasteiger charge is -2.24. The van der Waals surface area contributed by atoms with E-state index in [1.165, 1.54) is 0 Å². The van der Waals surface area contributed by atoms with Crippen LogP contribution >= 0.6 is 24.0 Å². The average molecular weight is 472 g/mol. The summed E-state index contributed by atoms with van der Waals surface area (Å²) in [5, 5.41) is 6.55. The van der Waals surface area contributed by atoms with Gasteiger partial charge in [0.25, 0.3) is 0 Å². The van der Waals surface area contributed by atoms with E-state index in [4.69, 9.17) is 4.74 Å². The molecule has 0 unspecified atom stereocenters. The maximum absolute atomic E-state index is 5.42. The Bertz CT molecular complexity index is 696. The molecular formula is C18H29IN6O. The maximum atomic E-state index is 5.42. The van der Waals surface area contributed by atoms with E-state index in [9.17, 15) is 0 Å². The molecule has 0 aromatic carbocycles. The molecular weight excluding hydrogens is 443 g/mol. The highest BCUT2D eigenvalue weighted by Crippen LogP contribution is 2.09. The molecule has 2 heterocycles. The van der Waals surface area contributed by atoms with Crippen molar-refractivity contribution >= 4 is 29.9 Å². The second-order valence-electron chi connectivity index (χ2n) is 6.38. The summed E-state index contributed by atoms with van der Waals surface area (Å²) < 4.78 is 7.37. The lowest BCUT2D eigenvalue weighted by Crippen LogP contribution is -2.45. The Morgan fingerprint density at radius 3 is 2.58 bits per heavy atom. The van der Waals surface area contributed by atoms with Crippen LogP contribution in [0.5, 0.6) is 0 Å². The topological polar surface area (TPSA) is 76.4 Å². The molecule has 2 aromatic heterocycles. The summed E-state index contributed by atoms with van der Waals surface area (Å²) in [7, 11) is 1.71. The normalized spacial score (nSPS) is 11.8. The molecule has 26 heavy (non-hydrogen) atoms. The van der Waals surface area contributed by atoms with Crippen LogP contribution in [0.25, 0.3) is 5.82 Å². The average Bonchev–Trinajstić information content (AvgIpc) is 3.04. The minimum Gasteiger partial charge on any atom is -0.377 e. The number of halogens is 1. The summed E-state index contributed by atoms with van der Waals surface area (Å²) in [6, 6.07) is 4.02. The summed E-state index contributed by atoms with van der Waals surface area (Å²) in [5.74, 6) is 2.54. The van der Waals surface area contributed by atoms with Gasteiger partial charge >= 0.3 is 0 Å². The zero-order valence-corrected chi connectivity index (χ0v) is 18.4. The SMILES string of the molecule is CCNC(=NCc1ccc(-n2ccnc2C)nc1)NCC(C)(C)OC.I. The molecule has 2 rings (SSSR count). The van der Waals surface area contributed by atoms with Gasteiger partial charge in [0.1, 0.15) is 11.6 Å². The molecule has 0 aliphatic heterocycles. The maximum Gasteiger partial charge on any atom is 0.191 e. The highest BCUT2D eigenvalue weighted by Gasteiger charge is 2.16. The lowest BCUT2D eigenvalue weighted by atomic mass is 10.1. The fourth-order valence-corrected chi connectivity index (χ4v) is 2.15. The van der Waals surface area contributed by atoms with Gasteiger partial charge in [-0.15, -0.1) is 24.0 Å². The number of nitrogens with zero attached hydrogens (tertiary/aromatic N) is 4. The molecule has 8 heteroatoms. The van der Waals surface area contributed by atoms with E-state index in [1.807, 2.05) is 56.8 Å². The van der Waals surface area contributed by atoms with Crippen LogP contribution in [0.2, 0.25) is 0 Å². The largest absolute Gasteiger partial charge is 0.377 e. The molecule has 0 aliphatic carbocycles. The van der Waals surface area contributed by atoms with Crippen LogP contribution in [0.15, 0.2) is 35.7 Å². The first kappa shape index (κ1) is 22.4. The van der Waals surface area contributed by atoms with Crippen molar-refractivity contribution < 1.29 is 4.74 Å². The summed E-state index contributed by atoms with van der Waals surface area (Å²) in [4.78, 5) is 13.3. The number of aromatic nitrogens is 3. The molecule has 0 aliphatic rings. The fraction of sp³-hybridized carbons (Fsp3) is 0.500. The Kier molecular flexibility index (Phi) is 9.00. The standard InChI is InChI=1S/C18H28N6O.HI/c1-6-19-17(23-13-18(3,4)25-5)22-12-15-7-8-16(21-11-15)24-10-9-20-14(24)2;/h7-11H,6,12-13H2,1-5H3,(H2,19,22,23);1H. The minimum absolute atomic E-state index is 0. The van der Waals surface area contributed by atoms with Gasteiger partial charge in [0, 0.05) is 38.8 Å². The third-order valence-electron chi connectivity index (χ3n) is 3.88. The van der Waals surface area contributed by atoms with E-state index < -0.39 is 0 Å². The van der Waals surface area contributed by atoms with Crippen LogP contribution in [0.1, 0.15) is 32.2 Å². The number of methoxy groups -OCH3 is 1. The molecule has 0 saturated heterocycles. The monoisotopic (exact) mass is 472 g/mol. The first-order chi connectivity index (χ1) is 11.9. The van der Waals surface area contributed by atoms with Crippen LogP contribution in [-0.2, 0) is 11.3 Å². The molecule has 7 nitrogen and oxygen atoms in total. The van der Waals surface area contributed by atoms with Gasteiger partial charge in [-0.25, -0.2) is 15.0 Å². The molecule has 0 saturated carbocycles. The number of aliphatic imine (C=N–C) groups is 1. The van der Waals surface area contributed by atoms with E-state index in [2.05, 4.69) is 25.6 Å². The molecule has 0 spiro atoms. The smallest absolute Gasteiger partial charge is 0.191 e. The molecule has 144 valence electrons. The third kappa shape index (κ3) is 6.56. The number of imidazole rings is 1. The molecule has 2 N–H and O–H groups in total. The number of rotatable bonds is 7. The Balaban J connectivity index is 0.00000338. The lowest BCUT2D eigenvalue weighted by molar-refractivity contribution is 0.0268. The van der Waals surface area contributed by atoms with Gasteiger partial charge in [-0.3, -0.25) is 4.57 Å². The van der Waals surface area contributed by atoms with Crippen molar-refractivity contribution in [1.29, 1.82) is 0 Å². The van der Waals surface area contributed by atoms with Crippen LogP contribution in [-0.4, -0.2) is 46.3 Å². The Labute approximate surface area is 172 Å². The molecule has 0 bridgehead atoms. The van der Waals surface area contributed by atoms with E-state index in [0.717, 1.165) is 29.7 Å². The van der Waals surface area contributed by atoms with Crippen LogP contribution < -0.4 is 10.6 Å². The van der Waals surface area contributed by atoms with Gasteiger partial charge in [-0.1, -0.05) is 6.07 Å². The number of nitrogens with one attached hydrogen (secondary N) is 2. The first-order valence-corrected chi connectivity index (χ1v) is 8.48. The molecule has 0 fully saturated rings. The number of guanidine groups is 1. The van der Waals surface area contributed by atoms with Crippen LogP contribution in [0, 0.1) is 6.92 Å². The molecule has 0 atom stereocenters. The van der Waals surface area contributed by atoms with Crippen LogP contribution in [0.4, 0.5) is 0 Å². The predicted octanol–water partition coefficient (Wildman–Crippen LogP) is 2.67. The van der Waals surface area contributed by atoms with Crippen LogP contribution in [0.3, 0.4) is 0 Å². The van der Waals surface area contributed by atoms with Gasteiger partial charge in [-0.05, 0) is 39.3 Å². The number of ether oxygens (including phenoxy) is 1. The summed E-state index contributed by atoms with van der Waals surface area (Å²) >= 11 is 0. The molecule has 2 aromatic rings. The quantitative estimate of drug-likeness (QED) is 0.368.